The molecular weight excluding hydrogens is 400 g/mol. The Morgan fingerprint density at radius 3 is 2.32 bits per heavy atom. The molecule has 1 heterocycles. The topological polar surface area (TPSA) is 46.2 Å². The second-order valence-electron chi connectivity index (χ2n) is 3.41. The normalized spacial score (nSPS) is 11.6. The molecule has 0 unspecified atom stereocenters. The Morgan fingerprint density at radius 1 is 1.26 bits per heavy atom. The molecule has 102 valence electrons. The molecule has 9 heteroatoms. The average molecular weight is 405 g/mol. The van der Waals surface area contributed by atoms with Gasteiger partial charge in [-0.1, -0.05) is 23.2 Å². The summed E-state index contributed by atoms with van der Waals surface area (Å²) in [4.78, 5) is 0. The van der Waals surface area contributed by atoms with Gasteiger partial charge in [0.2, 0.25) is 0 Å². The molecule has 1 N–H and O–H groups in total. The van der Waals surface area contributed by atoms with Gasteiger partial charge in [0.05, 0.1) is 15.7 Å². The summed E-state index contributed by atoms with van der Waals surface area (Å²) in [5.41, 5.74) is -0.0509. The zero-order chi connectivity index (χ0) is 14.2. The molecule has 0 saturated heterocycles. The lowest BCUT2D eigenvalue weighted by Gasteiger charge is -2.10. The number of thiophene rings is 1. The Labute approximate surface area is 131 Å². The second kappa shape index (κ2) is 5.57. The quantitative estimate of drug-likeness (QED) is 0.801. The van der Waals surface area contributed by atoms with Crippen molar-refractivity contribution in [3.05, 3.63) is 43.9 Å². The molecule has 0 fully saturated rings. The number of hydrogen-bond donors (Lipinski definition) is 1. The van der Waals surface area contributed by atoms with Gasteiger partial charge >= 0.3 is 0 Å². The number of anilines is 1. The predicted octanol–water partition coefficient (Wildman–Crippen LogP) is 4.76. The number of hydrogen-bond acceptors (Lipinski definition) is 3. The van der Waals surface area contributed by atoms with Crippen LogP contribution >= 0.6 is 50.5 Å². The monoisotopic (exact) mass is 403 g/mol. The number of nitrogens with one attached hydrogen (secondary N) is 1. The smallest absolute Gasteiger partial charge is 0.272 e. The van der Waals surface area contributed by atoms with E-state index in [1.165, 1.54) is 0 Å². The first-order valence-corrected chi connectivity index (χ1v) is 8.63. The highest BCUT2D eigenvalue weighted by molar-refractivity contribution is 9.10. The lowest BCUT2D eigenvalue weighted by Crippen LogP contribution is -2.12. The second-order valence-corrected chi connectivity index (χ2v) is 7.87. The molecule has 1 aromatic carbocycles. The summed E-state index contributed by atoms with van der Waals surface area (Å²) in [5, 5.41) is 1.40. The third-order valence-corrected chi connectivity index (χ3v) is 6.69. The molecule has 0 aliphatic carbocycles. The fourth-order valence-electron chi connectivity index (χ4n) is 1.29. The van der Waals surface area contributed by atoms with Crippen LogP contribution in [0.2, 0.25) is 10.0 Å². The van der Waals surface area contributed by atoms with E-state index < -0.39 is 15.8 Å². The van der Waals surface area contributed by atoms with E-state index in [-0.39, 0.29) is 19.9 Å². The molecule has 0 saturated carbocycles. The van der Waals surface area contributed by atoms with Crippen molar-refractivity contribution < 1.29 is 12.8 Å². The van der Waals surface area contributed by atoms with E-state index in [0.717, 1.165) is 23.5 Å². The van der Waals surface area contributed by atoms with Crippen LogP contribution in [0.5, 0.6) is 0 Å². The van der Waals surface area contributed by atoms with Crippen molar-refractivity contribution in [3.63, 3.8) is 0 Å². The van der Waals surface area contributed by atoms with E-state index in [0.29, 0.717) is 4.47 Å². The molecule has 2 aromatic rings. The average Bonchev–Trinajstić information content (AvgIpc) is 2.70. The highest BCUT2D eigenvalue weighted by Gasteiger charge is 2.22. The molecule has 1 aromatic heterocycles. The van der Waals surface area contributed by atoms with Crippen LogP contribution in [-0.2, 0) is 10.0 Å². The van der Waals surface area contributed by atoms with Crippen molar-refractivity contribution in [2.24, 2.45) is 0 Å². The van der Waals surface area contributed by atoms with Crippen LogP contribution in [0.25, 0.3) is 0 Å². The third kappa shape index (κ3) is 3.22. The van der Waals surface area contributed by atoms with Gasteiger partial charge in [-0.2, -0.15) is 0 Å². The van der Waals surface area contributed by atoms with Crippen LogP contribution in [0.15, 0.2) is 32.3 Å². The summed E-state index contributed by atoms with van der Waals surface area (Å²) < 4.78 is 40.1. The Kier molecular flexibility index (Phi) is 4.42. The number of benzene rings is 1. The molecule has 0 radical (unpaired) electrons. The molecule has 0 bridgehead atoms. The molecule has 19 heavy (non-hydrogen) atoms. The number of rotatable bonds is 3. The van der Waals surface area contributed by atoms with E-state index in [1.807, 2.05) is 0 Å². The first-order chi connectivity index (χ1) is 8.81. The van der Waals surface area contributed by atoms with Crippen molar-refractivity contribution in [3.8, 4) is 0 Å². The summed E-state index contributed by atoms with van der Waals surface area (Å²) in [6, 6.07) is 3.57. The highest BCUT2D eigenvalue weighted by atomic mass is 79.9. The highest BCUT2D eigenvalue weighted by Crippen LogP contribution is 2.35. The van der Waals surface area contributed by atoms with Gasteiger partial charge in [-0.05, 0) is 39.5 Å². The predicted molar refractivity (Wildman–Crippen MR) is 79.2 cm³/mol. The van der Waals surface area contributed by atoms with E-state index in [9.17, 15) is 12.8 Å². The Balaban J connectivity index is 2.45. The van der Waals surface area contributed by atoms with E-state index in [1.54, 1.807) is 11.4 Å². The van der Waals surface area contributed by atoms with Crippen LogP contribution in [0.3, 0.4) is 0 Å². The van der Waals surface area contributed by atoms with Gasteiger partial charge in [0.25, 0.3) is 10.0 Å². The van der Waals surface area contributed by atoms with Crippen LogP contribution in [0.1, 0.15) is 0 Å². The zero-order valence-electron chi connectivity index (χ0n) is 8.95. The van der Waals surface area contributed by atoms with Gasteiger partial charge in [0.15, 0.2) is 4.21 Å². The molecular formula is C10H5BrCl2FNO2S2. The summed E-state index contributed by atoms with van der Waals surface area (Å²) in [6.07, 6.45) is 0. The van der Waals surface area contributed by atoms with Crippen LogP contribution in [-0.4, -0.2) is 8.42 Å². The maximum absolute atomic E-state index is 13.0. The van der Waals surface area contributed by atoms with E-state index in [4.69, 9.17) is 23.2 Å². The molecule has 0 aliphatic heterocycles. The molecule has 0 amide bonds. The van der Waals surface area contributed by atoms with Gasteiger partial charge in [-0.25, -0.2) is 12.8 Å². The maximum atomic E-state index is 13.0. The Bertz CT molecular complexity index is 710. The molecule has 0 aliphatic rings. The van der Waals surface area contributed by atoms with E-state index in [2.05, 4.69) is 20.7 Å². The fraction of sp³-hybridized carbons (Fsp3) is 0. The minimum absolute atomic E-state index is 0.0509. The van der Waals surface area contributed by atoms with Gasteiger partial charge in [0.1, 0.15) is 5.82 Å². The molecule has 0 spiro atoms. The van der Waals surface area contributed by atoms with Gasteiger partial charge < -0.3 is 0 Å². The maximum Gasteiger partial charge on any atom is 0.272 e. The minimum Gasteiger partial charge on any atom is -0.276 e. The fourth-order valence-corrected chi connectivity index (χ4v) is 5.40. The summed E-state index contributed by atoms with van der Waals surface area (Å²) in [5.74, 6) is -0.643. The Hall–Kier alpha value is -0.340. The lowest BCUT2D eigenvalue weighted by atomic mass is 10.3. The zero-order valence-corrected chi connectivity index (χ0v) is 13.7. The largest absolute Gasteiger partial charge is 0.276 e. The van der Waals surface area contributed by atoms with Crippen molar-refractivity contribution in [1.82, 2.24) is 0 Å². The first kappa shape index (κ1) is 15.1. The van der Waals surface area contributed by atoms with Crippen molar-refractivity contribution in [2.75, 3.05) is 4.72 Å². The third-order valence-electron chi connectivity index (χ3n) is 2.07. The van der Waals surface area contributed by atoms with Gasteiger partial charge in [-0.15, -0.1) is 11.3 Å². The minimum atomic E-state index is -3.83. The van der Waals surface area contributed by atoms with Crippen molar-refractivity contribution >= 4 is 66.2 Å². The number of sulfonamides is 1. The van der Waals surface area contributed by atoms with E-state index >= 15 is 0 Å². The molecule has 2 rings (SSSR count). The standard InChI is InChI=1S/C10H5BrCl2FNO2S2/c11-6-1-2-18-10(6)19(16,17)15-9-7(12)3-5(14)4-8(9)13/h1-4,15H. The Morgan fingerprint density at radius 2 is 1.84 bits per heavy atom. The van der Waals surface area contributed by atoms with Crippen LogP contribution in [0.4, 0.5) is 10.1 Å². The van der Waals surface area contributed by atoms with Crippen LogP contribution < -0.4 is 4.72 Å². The summed E-state index contributed by atoms with van der Waals surface area (Å²) in [7, 11) is -3.83. The van der Waals surface area contributed by atoms with Gasteiger partial charge in [-0.3, -0.25) is 4.72 Å². The van der Waals surface area contributed by atoms with Crippen molar-refractivity contribution in [2.45, 2.75) is 4.21 Å². The molecule has 0 atom stereocenters. The molecule has 3 nitrogen and oxygen atoms in total. The summed E-state index contributed by atoms with van der Waals surface area (Å²) in [6.45, 7) is 0. The SMILES string of the molecule is O=S(=O)(Nc1c(Cl)cc(F)cc1Cl)c1sccc1Br. The van der Waals surface area contributed by atoms with Crippen molar-refractivity contribution in [1.29, 1.82) is 0 Å². The summed E-state index contributed by atoms with van der Waals surface area (Å²) >= 11 is 15.7. The lowest BCUT2D eigenvalue weighted by molar-refractivity contribution is 0.602. The van der Waals surface area contributed by atoms with Crippen LogP contribution in [0, 0.1) is 5.82 Å². The van der Waals surface area contributed by atoms with Gasteiger partial charge in [0, 0.05) is 4.47 Å². The number of halogens is 4. The first-order valence-electron chi connectivity index (χ1n) is 4.71.